The van der Waals surface area contributed by atoms with Gasteiger partial charge in [0, 0.05) is 5.54 Å². The fourth-order valence-corrected chi connectivity index (χ4v) is 2.00. The molecule has 4 nitrogen and oxygen atoms in total. The third-order valence-electron chi connectivity index (χ3n) is 2.15. The van der Waals surface area contributed by atoms with Crippen LogP contribution in [0.5, 0.6) is 5.75 Å². The monoisotopic (exact) mass is 313 g/mol. The second-order valence-electron chi connectivity index (χ2n) is 5.05. The fourth-order valence-electron chi connectivity index (χ4n) is 1.41. The van der Waals surface area contributed by atoms with Gasteiger partial charge >= 0.3 is 0 Å². The summed E-state index contributed by atoms with van der Waals surface area (Å²) in [5.41, 5.74) is 6.80. The maximum absolute atomic E-state index is 5.80. The average Bonchev–Trinajstić information content (AvgIpc) is 2.24. The van der Waals surface area contributed by atoms with Crippen molar-refractivity contribution in [2.24, 2.45) is 10.7 Å². The van der Waals surface area contributed by atoms with Gasteiger partial charge in [-0.1, -0.05) is 6.07 Å². The van der Waals surface area contributed by atoms with Crippen LogP contribution in [0.3, 0.4) is 0 Å². The lowest BCUT2D eigenvalue weighted by atomic mass is 10.1. The van der Waals surface area contributed by atoms with Gasteiger partial charge in [0.05, 0.1) is 18.1 Å². The molecule has 0 saturated heterocycles. The van der Waals surface area contributed by atoms with Crippen molar-refractivity contribution < 1.29 is 4.74 Å². The second-order valence-corrected chi connectivity index (χ2v) is 5.90. The van der Waals surface area contributed by atoms with E-state index in [0.717, 1.165) is 15.8 Å². The highest BCUT2D eigenvalue weighted by atomic mass is 79.9. The maximum atomic E-state index is 5.80. The third kappa shape index (κ3) is 4.96. The van der Waals surface area contributed by atoms with Crippen molar-refractivity contribution in [2.45, 2.75) is 32.9 Å². The molecule has 5 heteroatoms. The van der Waals surface area contributed by atoms with E-state index < -0.39 is 0 Å². The number of benzene rings is 1. The molecule has 0 aromatic heterocycles. The van der Waals surface area contributed by atoms with Gasteiger partial charge in [0.25, 0.3) is 0 Å². The van der Waals surface area contributed by atoms with Gasteiger partial charge in [-0.05, 0) is 54.4 Å². The van der Waals surface area contributed by atoms with Crippen LogP contribution in [0.2, 0.25) is 0 Å². The van der Waals surface area contributed by atoms with Crippen molar-refractivity contribution in [3.8, 4) is 5.75 Å². The Labute approximate surface area is 117 Å². The molecule has 18 heavy (non-hydrogen) atoms. The molecule has 0 fully saturated rings. The minimum Gasteiger partial charge on any atom is -0.496 e. The number of methoxy groups -OCH3 is 1. The molecule has 0 amide bonds. The number of ether oxygens (including phenoxy) is 1. The number of rotatable bonds is 3. The molecule has 0 aliphatic heterocycles. The zero-order chi connectivity index (χ0) is 13.8. The summed E-state index contributed by atoms with van der Waals surface area (Å²) in [6.45, 7) is 6.66. The van der Waals surface area contributed by atoms with Crippen LogP contribution in [0.1, 0.15) is 26.3 Å². The molecule has 1 rings (SSSR count). The van der Waals surface area contributed by atoms with E-state index in [-0.39, 0.29) is 5.54 Å². The first-order valence-corrected chi connectivity index (χ1v) is 6.51. The molecular weight excluding hydrogens is 294 g/mol. The first-order valence-electron chi connectivity index (χ1n) is 5.72. The largest absolute Gasteiger partial charge is 0.496 e. The number of hydrogen-bond donors (Lipinski definition) is 2. The topological polar surface area (TPSA) is 59.6 Å². The van der Waals surface area contributed by atoms with Crippen molar-refractivity contribution in [1.29, 1.82) is 0 Å². The highest BCUT2D eigenvalue weighted by Gasteiger charge is 2.09. The first kappa shape index (κ1) is 14.8. The summed E-state index contributed by atoms with van der Waals surface area (Å²) in [7, 11) is 1.64. The van der Waals surface area contributed by atoms with Crippen LogP contribution in [0.15, 0.2) is 27.7 Å². The molecule has 0 heterocycles. The molecule has 1 aromatic carbocycles. The SMILES string of the molecule is COc1ccc(CN=C(N)NC(C)(C)C)cc1Br. The Morgan fingerprint density at radius 3 is 2.61 bits per heavy atom. The Morgan fingerprint density at radius 1 is 1.44 bits per heavy atom. The number of aliphatic imine (C=N–C) groups is 1. The number of nitrogens with one attached hydrogen (secondary N) is 1. The van der Waals surface area contributed by atoms with E-state index in [1.807, 2.05) is 39.0 Å². The quantitative estimate of drug-likeness (QED) is 0.666. The van der Waals surface area contributed by atoms with Gasteiger partial charge in [-0.3, -0.25) is 0 Å². The maximum Gasteiger partial charge on any atom is 0.189 e. The van der Waals surface area contributed by atoms with Crippen molar-refractivity contribution in [3.63, 3.8) is 0 Å². The molecule has 1 aromatic rings. The summed E-state index contributed by atoms with van der Waals surface area (Å²) in [6, 6.07) is 5.85. The van der Waals surface area contributed by atoms with Gasteiger partial charge in [-0.2, -0.15) is 0 Å². The van der Waals surface area contributed by atoms with E-state index in [2.05, 4.69) is 26.2 Å². The summed E-state index contributed by atoms with van der Waals surface area (Å²) in [5, 5.41) is 3.12. The highest BCUT2D eigenvalue weighted by molar-refractivity contribution is 9.10. The smallest absolute Gasteiger partial charge is 0.189 e. The number of nitrogens with two attached hydrogens (primary N) is 1. The minimum atomic E-state index is -0.0753. The van der Waals surface area contributed by atoms with Crippen LogP contribution >= 0.6 is 15.9 Å². The molecule has 3 N–H and O–H groups in total. The van der Waals surface area contributed by atoms with E-state index in [1.54, 1.807) is 7.11 Å². The van der Waals surface area contributed by atoms with Crippen LogP contribution in [-0.2, 0) is 6.54 Å². The van der Waals surface area contributed by atoms with Gasteiger partial charge in [-0.25, -0.2) is 4.99 Å². The van der Waals surface area contributed by atoms with E-state index in [1.165, 1.54) is 0 Å². The lowest BCUT2D eigenvalue weighted by Crippen LogP contribution is -2.44. The van der Waals surface area contributed by atoms with Crippen molar-refractivity contribution in [3.05, 3.63) is 28.2 Å². The van der Waals surface area contributed by atoms with Crippen LogP contribution in [-0.4, -0.2) is 18.6 Å². The number of hydrogen-bond acceptors (Lipinski definition) is 2. The van der Waals surface area contributed by atoms with Crippen molar-refractivity contribution in [2.75, 3.05) is 7.11 Å². The van der Waals surface area contributed by atoms with Gasteiger partial charge in [-0.15, -0.1) is 0 Å². The number of halogens is 1. The summed E-state index contributed by atoms with van der Waals surface area (Å²) in [4.78, 5) is 4.30. The van der Waals surface area contributed by atoms with Gasteiger partial charge < -0.3 is 15.8 Å². The summed E-state index contributed by atoms with van der Waals surface area (Å²) in [5.74, 6) is 1.26. The standard InChI is InChI=1S/C13H20BrN3O/c1-13(2,3)17-12(15)16-8-9-5-6-11(18-4)10(14)7-9/h5-7H,8H2,1-4H3,(H3,15,16,17). The molecule has 100 valence electrons. The predicted octanol–water partition coefficient (Wildman–Crippen LogP) is 2.66. The molecule has 0 bridgehead atoms. The van der Waals surface area contributed by atoms with Crippen LogP contribution < -0.4 is 15.8 Å². The van der Waals surface area contributed by atoms with Crippen LogP contribution in [0, 0.1) is 0 Å². The number of nitrogens with zero attached hydrogens (tertiary/aromatic N) is 1. The average molecular weight is 314 g/mol. The Bertz CT molecular complexity index is 438. The Morgan fingerprint density at radius 2 is 2.11 bits per heavy atom. The summed E-state index contributed by atoms with van der Waals surface area (Å²) >= 11 is 3.44. The normalized spacial score (nSPS) is 12.4. The highest BCUT2D eigenvalue weighted by Crippen LogP contribution is 2.25. The molecule has 0 unspecified atom stereocenters. The fraction of sp³-hybridized carbons (Fsp3) is 0.462. The zero-order valence-corrected chi connectivity index (χ0v) is 12.8. The molecule has 0 spiro atoms. The molecular formula is C13H20BrN3O. The van der Waals surface area contributed by atoms with E-state index in [0.29, 0.717) is 12.5 Å². The van der Waals surface area contributed by atoms with Gasteiger partial charge in [0.2, 0.25) is 0 Å². The Kier molecular flexibility index (Phi) is 5.02. The summed E-state index contributed by atoms with van der Waals surface area (Å²) in [6.07, 6.45) is 0. The van der Waals surface area contributed by atoms with Crippen LogP contribution in [0.4, 0.5) is 0 Å². The molecule has 0 aliphatic carbocycles. The molecule has 0 radical (unpaired) electrons. The van der Waals surface area contributed by atoms with Crippen molar-refractivity contribution >= 4 is 21.9 Å². The molecule has 0 atom stereocenters. The molecule has 0 saturated carbocycles. The third-order valence-corrected chi connectivity index (χ3v) is 2.77. The van der Waals surface area contributed by atoms with Crippen molar-refractivity contribution in [1.82, 2.24) is 5.32 Å². The number of guanidine groups is 1. The lowest BCUT2D eigenvalue weighted by molar-refractivity contribution is 0.412. The zero-order valence-electron chi connectivity index (χ0n) is 11.2. The predicted molar refractivity (Wildman–Crippen MR) is 78.9 cm³/mol. The van der Waals surface area contributed by atoms with E-state index in [9.17, 15) is 0 Å². The second kappa shape index (κ2) is 6.09. The lowest BCUT2D eigenvalue weighted by Gasteiger charge is -2.21. The summed E-state index contributed by atoms with van der Waals surface area (Å²) < 4.78 is 6.09. The minimum absolute atomic E-state index is 0.0753. The first-order chi connectivity index (χ1) is 8.31. The van der Waals surface area contributed by atoms with Gasteiger partial charge in [0.1, 0.15) is 5.75 Å². The van der Waals surface area contributed by atoms with Crippen LogP contribution in [0.25, 0.3) is 0 Å². The van der Waals surface area contributed by atoms with E-state index >= 15 is 0 Å². The van der Waals surface area contributed by atoms with E-state index in [4.69, 9.17) is 10.5 Å². The Hall–Kier alpha value is -1.23. The molecule has 0 aliphatic rings. The Balaban J connectivity index is 2.68. The van der Waals surface area contributed by atoms with Gasteiger partial charge in [0.15, 0.2) is 5.96 Å².